The Labute approximate surface area is 236 Å². The summed E-state index contributed by atoms with van der Waals surface area (Å²) in [5.74, 6) is 4.93. The Morgan fingerprint density at radius 1 is 1.05 bits per heavy atom. The molecule has 41 heavy (non-hydrogen) atoms. The molecular weight excluding hydrogens is 533 g/mol. The predicted molar refractivity (Wildman–Crippen MR) is 157 cm³/mol. The number of aryl methyl sites for hydroxylation is 1. The third kappa shape index (κ3) is 7.35. The largest absolute Gasteiger partial charge is 0.416 e. The van der Waals surface area contributed by atoms with E-state index >= 15 is 0 Å². The number of nitrogens with one attached hydrogen (secondary N) is 3. The number of amides is 1. The molecule has 1 aliphatic heterocycles. The third-order valence-electron chi connectivity index (χ3n) is 6.80. The number of nitrogens with two attached hydrogens (primary N) is 2. The van der Waals surface area contributed by atoms with Crippen LogP contribution in [0.4, 0.5) is 30.2 Å². The monoisotopic (exact) mass is 566 g/mol. The van der Waals surface area contributed by atoms with E-state index in [0.717, 1.165) is 47.4 Å². The molecule has 12 heteroatoms. The van der Waals surface area contributed by atoms with Crippen LogP contribution < -0.4 is 27.2 Å². The first-order valence-corrected chi connectivity index (χ1v) is 12.9. The second-order valence-corrected chi connectivity index (χ2v) is 9.85. The van der Waals surface area contributed by atoms with Gasteiger partial charge in [0.05, 0.1) is 11.3 Å². The molecule has 0 aliphatic carbocycles. The van der Waals surface area contributed by atoms with Gasteiger partial charge in [-0.25, -0.2) is 4.98 Å². The van der Waals surface area contributed by atoms with Gasteiger partial charge in [0.2, 0.25) is 0 Å². The van der Waals surface area contributed by atoms with Gasteiger partial charge < -0.3 is 31.3 Å². The van der Waals surface area contributed by atoms with Crippen molar-refractivity contribution in [2.45, 2.75) is 13.1 Å². The minimum Gasteiger partial charge on any atom is -0.399 e. The van der Waals surface area contributed by atoms with E-state index in [9.17, 15) is 18.0 Å². The van der Waals surface area contributed by atoms with Gasteiger partial charge in [-0.1, -0.05) is 12.6 Å². The maximum Gasteiger partial charge on any atom is 0.416 e. The van der Waals surface area contributed by atoms with E-state index in [0.29, 0.717) is 35.7 Å². The Bertz CT molecular complexity index is 1540. The van der Waals surface area contributed by atoms with Crippen LogP contribution in [0.2, 0.25) is 0 Å². The Hall–Kier alpha value is -4.55. The molecule has 2 aromatic heterocycles. The standard InChI is InChI=1S/C20H24F3N5O.C9H9N3/c1-13-3-4-14(9-18(13)26-24)19(29)25-16-10-15(20(21,22)23)11-17(12-16)28-7-5-27(2)6-8-28;1-6(10)8-4-7-2-3-11-9(7)12-5-8/h3-4,9-12,26H,5-8,24H2,1-2H3,(H,25,29);2-5H,1,10H2,(H,11,12). The highest BCUT2D eigenvalue weighted by molar-refractivity contribution is 6.05. The van der Waals surface area contributed by atoms with Gasteiger partial charge in [-0.05, 0) is 62.0 Å². The summed E-state index contributed by atoms with van der Waals surface area (Å²) in [5, 5.41) is 3.64. The zero-order chi connectivity index (χ0) is 29.7. The molecule has 0 radical (unpaired) electrons. The number of rotatable bonds is 5. The number of aromatic amines is 1. The van der Waals surface area contributed by atoms with Crippen LogP contribution in [0.1, 0.15) is 27.0 Å². The van der Waals surface area contributed by atoms with E-state index < -0.39 is 17.6 Å². The molecule has 0 atom stereocenters. The van der Waals surface area contributed by atoms with Gasteiger partial charge in [0.25, 0.3) is 5.91 Å². The number of anilines is 3. The molecule has 2 aromatic carbocycles. The number of hydrazine groups is 1. The Morgan fingerprint density at radius 3 is 2.44 bits per heavy atom. The maximum absolute atomic E-state index is 13.4. The predicted octanol–water partition coefficient (Wildman–Crippen LogP) is 4.80. The highest BCUT2D eigenvalue weighted by Gasteiger charge is 2.32. The van der Waals surface area contributed by atoms with E-state index in [1.165, 1.54) is 0 Å². The Balaban J connectivity index is 0.000000267. The van der Waals surface area contributed by atoms with Gasteiger partial charge in [-0.15, -0.1) is 0 Å². The van der Waals surface area contributed by atoms with Crippen molar-refractivity contribution >= 4 is 39.7 Å². The van der Waals surface area contributed by atoms with E-state index in [2.05, 4.69) is 32.2 Å². The van der Waals surface area contributed by atoms with Crippen LogP contribution in [0.3, 0.4) is 0 Å². The van der Waals surface area contributed by atoms with E-state index in [4.69, 9.17) is 11.6 Å². The lowest BCUT2D eigenvalue weighted by Crippen LogP contribution is -2.44. The fourth-order valence-electron chi connectivity index (χ4n) is 4.33. The lowest BCUT2D eigenvalue weighted by Gasteiger charge is -2.34. The molecule has 0 saturated carbocycles. The zero-order valence-electron chi connectivity index (χ0n) is 22.8. The number of H-pyrrole nitrogens is 1. The lowest BCUT2D eigenvalue weighted by molar-refractivity contribution is -0.137. The van der Waals surface area contributed by atoms with Crippen molar-refractivity contribution in [1.82, 2.24) is 14.9 Å². The maximum atomic E-state index is 13.4. The van der Waals surface area contributed by atoms with Crippen molar-refractivity contribution in [2.75, 3.05) is 48.9 Å². The SMILES string of the molecule is C=C(N)c1cnc2[nH]ccc2c1.Cc1ccc(C(=O)Nc2cc(N3CCN(C)CC3)cc(C(F)(F)F)c2)cc1NN. The summed E-state index contributed by atoms with van der Waals surface area (Å²) in [6.45, 7) is 8.23. The molecule has 5 rings (SSSR count). The van der Waals surface area contributed by atoms with Gasteiger partial charge in [0.1, 0.15) is 5.65 Å². The summed E-state index contributed by atoms with van der Waals surface area (Å²) in [6.07, 6.45) is -0.954. The highest BCUT2D eigenvalue weighted by atomic mass is 19.4. The smallest absolute Gasteiger partial charge is 0.399 e. The minimum atomic E-state index is -4.51. The Kier molecular flexibility index (Phi) is 8.84. The number of halogens is 3. The molecule has 216 valence electrons. The number of hydrogen-bond acceptors (Lipinski definition) is 7. The Morgan fingerprint density at radius 2 is 1.78 bits per heavy atom. The third-order valence-corrected chi connectivity index (χ3v) is 6.80. The first kappa shape index (κ1) is 29.4. The molecule has 0 unspecified atom stereocenters. The van der Waals surface area contributed by atoms with Gasteiger partial charge in [-0.2, -0.15) is 13.2 Å². The summed E-state index contributed by atoms with van der Waals surface area (Å²) in [6, 6.07) is 12.4. The van der Waals surface area contributed by atoms with Crippen LogP contribution in [0.25, 0.3) is 16.7 Å². The summed E-state index contributed by atoms with van der Waals surface area (Å²) >= 11 is 0. The lowest BCUT2D eigenvalue weighted by atomic mass is 10.1. The number of piperazine rings is 1. The fourth-order valence-corrected chi connectivity index (χ4v) is 4.33. The minimum absolute atomic E-state index is 0.0987. The molecule has 9 nitrogen and oxygen atoms in total. The number of benzene rings is 2. The summed E-state index contributed by atoms with van der Waals surface area (Å²) in [7, 11) is 1.97. The zero-order valence-corrected chi connectivity index (χ0v) is 22.8. The van der Waals surface area contributed by atoms with Crippen molar-refractivity contribution in [2.24, 2.45) is 11.6 Å². The fraction of sp³-hybridized carbons (Fsp3) is 0.241. The van der Waals surface area contributed by atoms with Crippen molar-refractivity contribution in [3.63, 3.8) is 0 Å². The van der Waals surface area contributed by atoms with E-state index in [1.54, 1.807) is 30.5 Å². The summed E-state index contributed by atoms with van der Waals surface area (Å²) in [5.41, 5.74) is 11.8. The molecular formula is C29H33F3N8O. The first-order chi connectivity index (χ1) is 19.4. The second kappa shape index (κ2) is 12.3. The molecule has 0 spiro atoms. The average Bonchev–Trinajstić information content (AvgIpc) is 3.41. The molecule has 1 amide bonds. The average molecular weight is 567 g/mol. The molecule has 1 aliphatic rings. The topological polar surface area (TPSA) is 128 Å². The molecule has 4 aromatic rings. The van der Waals surface area contributed by atoms with Crippen LogP contribution >= 0.6 is 0 Å². The number of nitrogens with zero attached hydrogens (tertiary/aromatic N) is 3. The van der Waals surface area contributed by atoms with Crippen molar-refractivity contribution in [1.29, 1.82) is 0 Å². The van der Waals surface area contributed by atoms with Crippen LogP contribution in [0, 0.1) is 6.92 Å². The van der Waals surface area contributed by atoms with Crippen LogP contribution in [-0.2, 0) is 6.18 Å². The van der Waals surface area contributed by atoms with Crippen molar-refractivity contribution in [3.8, 4) is 0 Å². The quantitative estimate of drug-likeness (QED) is 0.174. The number of nitrogen functional groups attached to an aromatic ring is 1. The molecule has 3 heterocycles. The number of fused-ring (bicyclic) bond motifs is 1. The van der Waals surface area contributed by atoms with Crippen molar-refractivity contribution < 1.29 is 18.0 Å². The number of alkyl halides is 3. The van der Waals surface area contributed by atoms with Gasteiger partial charge >= 0.3 is 6.18 Å². The van der Waals surface area contributed by atoms with Gasteiger partial charge in [-0.3, -0.25) is 10.6 Å². The molecule has 1 fully saturated rings. The summed E-state index contributed by atoms with van der Waals surface area (Å²) < 4.78 is 40.3. The number of likely N-dealkylation sites (N-methyl/N-ethyl adjacent to an activating group) is 1. The van der Waals surface area contributed by atoms with Gasteiger partial charge in [0, 0.05) is 72.2 Å². The van der Waals surface area contributed by atoms with E-state index in [1.807, 2.05) is 37.2 Å². The number of pyridine rings is 1. The van der Waals surface area contributed by atoms with Crippen LogP contribution in [0.5, 0.6) is 0 Å². The van der Waals surface area contributed by atoms with Gasteiger partial charge in [0.15, 0.2) is 0 Å². The normalized spacial score (nSPS) is 13.9. The first-order valence-electron chi connectivity index (χ1n) is 12.9. The van der Waals surface area contributed by atoms with Crippen LogP contribution in [0.15, 0.2) is 67.5 Å². The molecule has 1 saturated heterocycles. The molecule has 7 N–H and O–H groups in total. The number of hydrogen-bond donors (Lipinski definition) is 5. The summed E-state index contributed by atoms with van der Waals surface area (Å²) in [4.78, 5) is 23.8. The molecule has 0 bridgehead atoms. The van der Waals surface area contributed by atoms with Crippen LogP contribution in [-0.4, -0.2) is 54.0 Å². The highest BCUT2D eigenvalue weighted by Crippen LogP contribution is 2.35. The van der Waals surface area contributed by atoms with E-state index in [-0.39, 0.29) is 5.69 Å². The number of carbonyl (C=O) groups excluding carboxylic acids is 1. The number of aromatic nitrogens is 2. The van der Waals surface area contributed by atoms with Crippen molar-refractivity contribution in [3.05, 3.63) is 89.8 Å². The number of carbonyl (C=O) groups is 1. The second-order valence-electron chi connectivity index (χ2n) is 9.85.